The Kier molecular flexibility index (Phi) is 4.19. The Morgan fingerprint density at radius 3 is 2.95 bits per heavy atom. The van der Waals surface area contributed by atoms with Crippen molar-refractivity contribution in [2.45, 2.75) is 13.0 Å². The highest BCUT2D eigenvalue weighted by Crippen LogP contribution is 2.20. The second kappa shape index (κ2) is 6.43. The van der Waals surface area contributed by atoms with Crippen LogP contribution in [0.25, 0.3) is 0 Å². The summed E-state index contributed by atoms with van der Waals surface area (Å²) in [5, 5.41) is 3.18. The van der Waals surface area contributed by atoms with E-state index >= 15 is 0 Å². The normalized spacial score (nSPS) is 13.4. The number of anilines is 1. The van der Waals surface area contributed by atoms with Gasteiger partial charge in [-0.25, -0.2) is 0 Å². The summed E-state index contributed by atoms with van der Waals surface area (Å²) < 4.78 is 0. The zero-order chi connectivity index (χ0) is 15.4. The molecule has 1 amide bonds. The highest BCUT2D eigenvalue weighted by molar-refractivity contribution is 5.93. The first-order valence-corrected chi connectivity index (χ1v) is 7.45. The summed E-state index contributed by atoms with van der Waals surface area (Å²) in [5.41, 5.74) is 3.92. The van der Waals surface area contributed by atoms with Crippen molar-refractivity contribution in [3.63, 3.8) is 0 Å². The van der Waals surface area contributed by atoms with Crippen LogP contribution in [0.5, 0.6) is 0 Å². The molecule has 22 heavy (non-hydrogen) atoms. The van der Waals surface area contributed by atoms with Crippen LogP contribution in [0.3, 0.4) is 0 Å². The summed E-state index contributed by atoms with van der Waals surface area (Å²) >= 11 is 0. The molecule has 0 aliphatic carbocycles. The van der Waals surface area contributed by atoms with Crippen LogP contribution in [0.4, 0.5) is 5.69 Å². The third-order valence-corrected chi connectivity index (χ3v) is 3.85. The number of aromatic nitrogens is 1. The number of pyridine rings is 1. The quantitative estimate of drug-likeness (QED) is 0.882. The first-order chi connectivity index (χ1) is 10.8. The molecule has 4 nitrogen and oxygen atoms in total. The predicted molar refractivity (Wildman–Crippen MR) is 87.8 cm³/mol. The molecule has 3 rings (SSSR count). The Labute approximate surface area is 130 Å². The molecule has 1 aromatic heterocycles. The monoisotopic (exact) mass is 293 g/mol. The highest BCUT2D eigenvalue weighted by atomic mass is 16.2. The number of rotatable bonds is 4. The summed E-state index contributed by atoms with van der Waals surface area (Å²) in [6.07, 6.45) is 4.34. The summed E-state index contributed by atoms with van der Waals surface area (Å²) in [6, 6.07) is 11.9. The SMILES string of the molecule is C=CCNc1ccnc(C(=O)N2CCc3ccccc3C2)c1. The van der Waals surface area contributed by atoms with Gasteiger partial charge in [0.1, 0.15) is 5.69 Å². The average Bonchev–Trinajstić information content (AvgIpc) is 2.59. The van der Waals surface area contributed by atoms with Crippen LogP contribution >= 0.6 is 0 Å². The Balaban J connectivity index is 1.76. The van der Waals surface area contributed by atoms with Crippen LogP contribution in [-0.4, -0.2) is 28.9 Å². The molecule has 0 saturated carbocycles. The fourth-order valence-electron chi connectivity index (χ4n) is 2.68. The zero-order valence-electron chi connectivity index (χ0n) is 12.5. The lowest BCUT2D eigenvalue weighted by Crippen LogP contribution is -2.36. The van der Waals surface area contributed by atoms with Gasteiger partial charge in [-0.1, -0.05) is 30.3 Å². The van der Waals surface area contributed by atoms with Crippen LogP contribution in [0, 0.1) is 0 Å². The molecule has 1 N–H and O–H groups in total. The molecule has 1 aromatic carbocycles. The maximum atomic E-state index is 12.7. The Morgan fingerprint density at radius 2 is 2.14 bits per heavy atom. The van der Waals surface area contributed by atoms with E-state index in [1.165, 1.54) is 11.1 Å². The van der Waals surface area contributed by atoms with Crippen molar-refractivity contribution in [2.24, 2.45) is 0 Å². The van der Waals surface area contributed by atoms with Gasteiger partial charge in [-0.3, -0.25) is 9.78 Å². The van der Waals surface area contributed by atoms with Gasteiger partial charge >= 0.3 is 0 Å². The fourth-order valence-corrected chi connectivity index (χ4v) is 2.68. The number of carbonyl (C=O) groups excluding carboxylic acids is 1. The Hall–Kier alpha value is -2.62. The molecular weight excluding hydrogens is 274 g/mol. The van der Waals surface area contributed by atoms with Crippen LogP contribution in [0.15, 0.2) is 55.3 Å². The number of carbonyl (C=O) groups is 1. The molecule has 1 aliphatic rings. The average molecular weight is 293 g/mol. The predicted octanol–water partition coefficient (Wildman–Crippen LogP) is 2.88. The van der Waals surface area contributed by atoms with E-state index in [0.29, 0.717) is 18.8 Å². The van der Waals surface area contributed by atoms with E-state index in [0.717, 1.165) is 18.7 Å². The number of hydrogen-bond acceptors (Lipinski definition) is 3. The molecular formula is C18H19N3O. The van der Waals surface area contributed by atoms with Crippen LogP contribution < -0.4 is 5.32 Å². The van der Waals surface area contributed by atoms with Gasteiger partial charge in [0.15, 0.2) is 0 Å². The molecule has 4 heteroatoms. The van der Waals surface area contributed by atoms with E-state index in [1.807, 2.05) is 23.1 Å². The minimum atomic E-state index is -0.0169. The number of fused-ring (bicyclic) bond motifs is 1. The van der Waals surface area contributed by atoms with E-state index in [-0.39, 0.29) is 5.91 Å². The van der Waals surface area contributed by atoms with Gasteiger partial charge in [0.25, 0.3) is 5.91 Å². The van der Waals surface area contributed by atoms with E-state index in [1.54, 1.807) is 18.3 Å². The molecule has 0 atom stereocenters. The molecule has 0 unspecified atom stereocenters. The number of hydrogen-bond donors (Lipinski definition) is 1. The van der Waals surface area contributed by atoms with Gasteiger partial charge in [0, 0.05) is 31.5 Å². The van der Waals surface area contributed by atoms with E-state index < -0.39 is 0 Å². The maximum absolute atomic E-state index is 12.7. The lowest BCUT2D eigenvalue weighted by atomic mass is 10.00. The molecule has 0 bridgehead atoms. The molecule has 112 valence electrons. The number of benzene rings is 1. The summed E-state index contributed by atoms with van der Waals surface area (Å²) in [6.45, 7) is 5.73. The van der Waals surface area contributed by atoms with Crippen LogP contribution in [0.2, 0.25) is 0 Å². The van der Waals surface area contributed by atoms with Crippen molar-refractivity contribution >= 4 is 11.6 Å². The lowest BCUT2D eigenvalue weighted by Gasteiger charge is -2.28. The van der Waals surface area contributed by atoms with Gasteiger partial charge in [0.05, 0.1) is 0 Å². The largest absolute Gasteiger partial charge is 0.381 e. The summed E-state index contributed by atoms with van der Waals surface area (Å²) in [4.78, 5) is 18.7. The third-order valence-electron chi connectivity index (χ3n) is 3.85. The van der Waals surface area contributed by atoms with Gasteiger partial charge < -0.3 is 10.2 Å². The third kappa shape index (κ3) is 3.01. The van der Waals surface area contributed by atoms with Gasteiger partial charge in [-0.15, -0.1) is 6.58 Å². The Morgan fingerprint density at radius 1 is 1.32 bits per heavy atom. The standard InChI is InChI=1S/C18H19N3O/c1-2-9-19-16-7-10-20-17(12-16)18(22)21-11-8-14-5-3-4-6-15(14)13-21/h2-7,10,12H,1,8-9,11,13H2,(H,19,20). The summed E-state index contributed by atoms with van der Waals surface area (Å²) in [7, 11) is 0. The first kappa shape index (κ1) is 14.3. The highest BCUT2D eigenvalue weighted by Gasteiger charge is 2.22. The molecule has 2 aromatic rings. The van der Waals surface area contributed by atoms with Crippen molar-refractivity contribution < 1.29 is 4.79 Å². The second-order valence-corrected chi connectivity index (χ2v) is 5.34. The number of nitrogens with one attached hydrogen (secondary N) is 1. The minimum Gasteiger partial charge on any atom is -0.381 e. The zero-order valence-corrected chi connectivity index (χ0v) is 12.5. The van der Waals surface area contributed by atoms with Crippen molar-refractivity contribution in [1.82, 2.24) is 9.88 Å². The van der Waals surface area contributed by atoms with Crippen molar-refractivity contribution in [2.75, 3.05) is 18.4 Å². The molecule has 2 heterocycles. The first-order valence-electron chi connectivity index (χ1n) is 7.45. The lowest BCUT2D eigenvalue weighted by molar-refractivity contribution is 0.0729. The van der Waals surface area contributed by atoms with Crippen molar-refractivity contribution in [3.8, 4) is 0 Å². The molecule has 0 radical (unpaired) electrons. The fraction of sp³-hybridized carbons (Fsp3) is 0.222. The van der Waals surface area contributed by atoms with Gasteiger partial charge in [-0.2, -0.15) is 0 Å². The topological polar surface area (TPSA) is 45.2 Å². The van der Waals surface area contributed by atoms with Crippen LogP contribution in [-0.2, 0) is 13.0 Å². The van der Waals surface area contributed by atoms with Crippen molar-refractivity contribution in [3.05, 3.63) is 72.1 Å². The second-order valence-electron chi connectivity index (χ2n) is 5.34. The molecule has 0 fully saturated rings. The Bertz CT molecular complexity index is 696. The van der Waals surface area contributed by atoms with E-state index in [2.05, 4.69) is 29.0 Å². The van der Waals surface area contributed by atoms with Crippen LogP contribution in [0.1, 0.15) is 21.6 Å². The maximum Gasteiger partial charge on any atom is 0.272 e. The molecule has 1 aliphatic heterocycles. The van der Waals surface area contributed by atoms with Gasteiger partial charge in [-0.05, 0) is 29.7 Å². The molecule has 0 saturated heterocycles. The van der Waals surface area contributed by atoms with Crippen molar-refractivity contribution in [1.29, 1.82) is 0 Å². The van der Waals surface area contributed by atoms with Gasteiger partial charge in [0.2, 0.25) is 0 Å². The summed E-state index contributed by atoms with van der Waals surface area (Å²) in [5.74, 6) is -0.0169. The molecule has 0 spiro atoms. The smallest absolute Gasteiger partial charge is 0.272 e. The van der Waals surface area contributed by atoms with E-state index in [9.17, 15) is 4.79 Å². The number of amides is 1. The van der Waals surface area contributed by atoms with E-state index in [4.69, 9.17) is 0 Å². The number of nitrogens with zero attached hydrogens (tertiary/aromatic N) is 2. The minimum absolute atomic E-state index is 0.0169.